The molecule has 1 aliphatic rings. The summed E-state index contributed by atoms with van der Waals surface area (Å²) in [6, 6.07) is 0.870. The maximum Gasteiger partial charge on any atom is 0.246 e. The Kier molecular flexibility index (Phi) is 3.69. The fourth-order valence-electron chi connectivity index (χ4n) is 1.90. The van der Waals surface area contributed by atoms with Gasteiger partial charge in [0.1, 0.15) is 0 Å². The standard InChI is InChI=1S/C11H20N2O/c1-5-11(14)13-7-6-12(9(2)3)8-10(13)4/h5,9-10H,1,6-8H2,2-4H3. The first kappa shape index (κ1) is 11.2. The molecule has 14 heavy (non-hydrogen) atoms. The van der Waals surface area contributed by atoms with E-state index in [1.54, 1.807) is 0 Å². The van der Waals surface area contributed by atoms with E-state index in [0.29, 0.717) is 12.1 Å². The predicted molar refractivity (Wildman–Crippen MR) is 58.1 cm³/mol. The summed E-state index contributed by atoms with van der Waals surface area (Å²) in [4.78, 5) is 15.7. The Labute approximate surface area is 86.4 Å². The fraction of sp³-hybridized carbons (Fsp3) is 0.727. The fourth-order valence-corrected chi connectivity index (χ4v) is 1.90. The minimum atomic E-state index is 0.0564. The van der Waals surface area contributed by atoms with Crippen LogP contribution in [0.3, 0.4) is 0 Å². The zero-order valence-electron chi connectivity index (χ0n) is 9.36. The predicted octanol–water partition coefficient (Wildman–Crippen LogP) is 1.11. The number of amides is 1. The molecule has 0 saturated carbocycles. The highest BCUT2D eigenvalue weighted by atomic mass is 16.2. The average molecular weight is 196 g/mol. The zero-order chi connectivity index (χ0) is 10.7. The first-order chi connectivity index (χ1) is 6.56. The van der Waals surface area contributed by atoms with Crippen molar-refractivity contribution < 1.29 is 4.79 Å². The van der Waals surface area contributed by atoms with Crippen LogP contribution in [0.4, 0.5) is 0 Å². The SMILES string of the molecule is C=CC(=O)N1CCN(C(C)C)CC1C. The Morgan fingerprint density at radius 1 is 1.50 bits per heavy atom. The summed E-state index contributed by atoms with van der Waals surface area (Å²) in [6.07, 6.45) is 1.40. The largest absolute Gasteiger partial charge is 0.334 e. The van der Waals surface area contributed by atoms with Crippen LogP contribution in [-0.4, -0.2) is 47.4 Å². The maximum atomic E-state index is 11.4. The second-order valence-electron chi connectivity index (χ2n) is 4.17. The average Bonchev–Trinajstić information content (AvgIpc) is 2.16. The van der Waals surface area contributed by atoms with Gasteiger partial charge < -0.3 is 4.90 Å². The van der Waals surface area contributed by atoms with E-state index in [0.717, 1.165) is 19.6 Å². The molecule has 3 heteroatoms. The van der Waals surface area contributed by atoms with Crippen LogP contribution >= 0.6 is 0 Å². The lowest BCUT2D eigenvalue weighted by atomic mass is 10.1. The monoisotopic (exact) mass is 196 g/mol. The molecule has 0 aromatic carbocycles. The van der Waals surface area contributed by atoms with E-state index < -0.39 is 0 Å². The molecular weight excluding hydrogens is 176 g/mol. The highest BCUT2D eigenvalue weighted by Crippen LogP contribution is 2.12. The van der Waals surface area contributed by atoms with Gasteiger partial charge in [0.15, 0.2) is 0 Å². The molecule has 1 heterocycles. The minimum absolute atomic E-state index is 0.0564. The van der Waals surface area contributed by atoms with E-state index in [2.05, 4.69) is 32.3 Å². The number of carbonyl (C=O) groups excluding carboxylic acids is 1. The molecule has 0 radical (unpaired) electrons. The molecule has 0 N–H and O–H groups in total. The van der Waals surface area contributed by atoms with Gasteiger partial charge in [0, 0.05) is 31.7 Å². The van der Waals surface area contributed by atoms with E-state index in [1.807, 2.05) is 4.90 Å². The molecule has 1 unspecified atom stereocenters. The number of piperazine rings is 1. The van der Waals surface area contributed by atoms with Gasteiger partial charge in [-0.15, -0.1) is 0 Å². The van der Waals surface area contributed by atoms with E-state index in [9.17, 15) is 4.79 Å². The van der Waals surface area contributed by atoms with Crippen molar-refractivity contribution in [2.75, 3.05) is 19.6 Å². The summed E-state index contributed by atoms with van der Waals surface area (Å²) >= 11 is 0. The van der Waals surface area contributed by atoms with Crippen LogP contribution in [-0.2, 0) is 4.79 Å². The first-order valence-electron chi connectivity index (χ1n) is 5.23. The van der Waals surface area contributed by atoms with Gasteiger partial charge in [-0.1, -0.05) is 6.58 Å². The highest BCUT2D eigenvalue weighted by Gasteiger charge is 2.26. The van der Waals surface area contributed by atoms with Crippen molar-refractivity contribution in [1.82, 2.24) is 9.80 Å². The third-order valence-corrected chi connectivity index (χ3v) is 2.85. The summed E-state index contributed by atoms with van der Waals surface area (Å²) in [5, 5.41) is 0. The van der Waals surface area contributed by atoms with Gasteiger partial charge in [-0.2, -0.15) is 0 Å². The van der Waals surface area contributed by atoms with Crippen molar-refractivity contribution in [2.24, 2.45) is 0 Å². The van der Waals surface area contributed by atoms with Crippen molar-refractivity contribution in [3.8, 4) is 0 Å². The number of rotatable bonds is 2. The van der Waals surface area contributed by atoms with Crippen LogP contribution < -0.4 is 0 Å². The number of hydrogen-bond donors (Lipinski definition) is 0. The van der Waals surface area contributed by atoms with Gasteiger partial charge in [0.05, 0.1) is 0 Å². The van der Waals surface area contributed by atoms with Crippen molar-refractivity contribution >= 4 is 5.91 Å². The Bertz CT molecular complexity index is 225. The van der Waals surface area contributed by atoms with E-state index in [1.165, 1.54) is 6.08 Å². The lowest BCUT2D eigenvalue weighted by molar-refractivity contribution is -0.130. The molecule has 1 aliphatic heterocycles. The maximum absolute atomic E-state index is 11.4. The number of carbonyl (C=O) groups is 1. The zero-order valence-corrected chi connectivity index (χ0v) is 9.36. The second-order valence-corrected chi connectivity index (χ2v) is 4.17. The van der Waals surface area contributed by atoms with Crippen molar-refractivity contribution in [1.29, 1.82) is 0 Å². The van der Waals surface area contributed by atoms with Gasteiger partial charge in [0.25, 0.3) is 0 Å². The molecule has 0 spiro atoms. The molecule has 0 aliphatic carbocycles. The van der Waals surface area contributed by atoms with E-state index in [4.69, 9.17) is 0 Å². The quantitative estimate of drug-likeness (QED) is 0.618. The molecule has 0 aromatic heterocycles. The Balaban J connectivity index is 2.56. The van der Waals surface area contributed by atoms with Crippen LogP contribution in [0.25, 0.3) is 0 Å². The lowest BCUT2D eigenvalue weighted by Crippen LogP contribution is -2.55. The molecule has 0 bridgehead atoms. The molecular formula is C11H20N2O. The van der Waals surface area contributed by atoms with E-state index in [-0.39, 0.29) is 5.91 Å². The van der Waals surface area contributed by atoms with Crippen LogP contribution in [0, 0.1) is 0 Å². The Morgan fingerprint density at radius 3 is 2.57 bits per heavy atom. The highest BCUT2D eigenvalue weighted by molar-refractivity contribution is 5.87. The molecule has 80 valence electrons. The molecule has 1 amide bonds. The van der Waals surface area contributed by atoms with Gasteiger partial charge in [-0.3, -0.25) is 9.69 Å². The van der Waals surface area contributed by atoms with Crippen LogP contribution in [0.2, 0.25) is 0 Å². The molecule has 1 fully saturated rings. The first-order valence-corrected chi connectivity index (χ1v) is 5.23. The minimum Gasteiger partial charge on any atom is -0.334 e. The summed E-state index contributed by atoms with van der Waals surface area (Å²) in [7, 11) is 0. The Hall–Kier alpha value is -0.830. The summed E-state index contributed by atoms with van der Waals surface area (Å²) in [5.41, 5.74) is 0. The van der Waals surface area contributed by atoms with Crippen molar-refractivity contribution in [3.05, 3.63) is 12.7 Å². The van der Waals surface area contributed by atoms with Crippen molar-refractivity contribution in [3.63, 3.8) is 0 Å². The van der Waals surface area contributed by atoms with Crippen LogP contribution in [0.15, 0.2) is 12.7 Å². The van der Waals surface area contributed by atoms with Crippen LogP contribution in [0.1, 0.15) is 20.8 Å². The van der Waals surface area contributed by atoms with Gasteiger partial charge in [-0.05, 0) is 26.8 Å². The third kappa shape index (κ3) is 2.35. The second kappa shape index (κ2) is 4.60. The molecule has 1 saturated heterocycles. The molecule has 1 atom stereocenters. The Morgan fingerprint density at radius 2 is 2.14 bits per heavy atom. The third-order valence-electron chi connectivity index (χ3n) is 2.85. The summed E-state index contributed by atoms with van der Waals surface area (Å²) in [6.45, 7) is 12.8. The number of hydrogen-bond acceptors (Lipinski definition) is 2. The normalized spacial score (nSPS) is 24.0. The smallest absolute Gasteiger partial charge is 0.246 e. The topological polar surface area (TPSA) is 23.6 Å². The molecule has 3 nitrogen and oxygen atoms in total. The van der Waals surface area contributed by atoms with Gasteiger partial charge >= 0.3 is 0 Å². The lowest BCUT2D eigenvalue weighted by Gasteiger charge is -2.41. The van der Waals surface area contributed by atoms with Crippen LogP contribution in [0.5, 0.6) is 0 Å². The van der Waals surface area contributed by atoms with E-state index >= 15 is 0 Å². The van der Waals surface area contributed by atoms with Gasteiger partial charge in [0.2, 0.25) is 5.91 Å². The summed E-state index contributed by atoms with van der Waals surface area (Å²) in [5.74, 6) is 0.0564. The molecule has 1 rings (SSSR count). The summed E-state index contributed by atoms with van der Waals surface area (Å²) < 4.78 is 0. The number of nitrogens with zero attached hydrogens (tertiary/aromatic N) is 2. The van der Waals surface area contributed by atoms with Gasteiger partial charge in [-0.25, -0.2) is 0 Å². The van der Waals surface area contributed by atoms with Crippen molar-refractivity contribution in [2.45, 2.75) is 32.9 Å². The molecule has 0 aromatic rings.